The van der Waals surface area contributed by atoms with Gasteiger partial charge in [0, 0.05) is 44.5 Å². The van der Waals surface area contributed by atoms with Crippen molar-refractivity contribution in [2.45, 2.75) is 38.3 Å². The number of carbonyl (C=O) groups is 3. The Morgan fingerprint density at radius 1 is 1.24 bits per heavy atom. The highest BCUT2D eigenvalue weighted by molar-refractivity contribution is 7.51. The number of rotatable bonds is 16. The number of methoxy groups -OCH3 is 1. The van der Waals surface area contributed by atoms with Crippen LogP contribution in [0.3, 0.4) is 0 Å². The number of allylic oxidation sites excluding steroid dienone is 1. The van der Waals surface area contributed by atoms with Gasteiger partial charge < -0.3 is 45.8 Å². The lowest BCUT2D eigenvalue weighted by Gasteiger charge is -2.21. The zero-order valence-electron chi connectivity index (χ0n) is 24.0. The van der Waals surface area contributed by atoms with Crippen molar-refractivity contribution in [1.82, 2.24) is 20.9 Å². The van der Waals surface area contributed by atoms with E-state index < -0.39 is 37.7 Å². The van der Waals surface area contributed by atoms with Crippen LogP contribution in [-0.4, -0.2) is 96.6 Å². The fourth-order valence-corrected chi connectivity index (χ4v) is 4.61. The molecule has 0 bridgehead atoms. The van der Waals surface area contributed by atoms with E-state index in [1.54, 1.807) is 37.4 Å². The van der Waals surface area contributed by atoms with Crippen molar-refractivity contribution in [3.8, 4) is 0 Å². The van der Waals surface area contributed by atoms with Gasteiger partial charge in [0.1, 0.15) is 17.6 Å². The third-order valence-corrected chi connectivity index (χ3v) is 7.04. The molecule has 1 aromatic rings. The number of carbonyl (C=O) groups excluding carboxylic acids is 3. The van der Waals surface area contributed by atoms with Crippen LogP contribution in [-0.2, 0) is 23.6 Å². The summed E-state index contributed by atoms with van der Waals surface area (Å²) < 4.78 is 22.2. The highest BCUT2D eigenvalue weighted by Crippen LogP contribution is 2.35. The number of nitrogens with two attached hydrogens (primary N) is 1. The van der Waals surface area contributed by atoms with E-state index in [-0.39, 0.29) is 37.3 Å². The molecule has 0 aliphatic carbocycles. The molecule has 0 aromatic heterocycles. The minimum absolute atomic E-state index is 0.00525. The van der Waals surface area contributed by atoms with Crippen LogP contribution in [0.1, 0.15) is 31.7 Å². The predicted molar refractivity (Wildman–Crippen MR) is 157 cm³/mol. The zero-order valence-corrected chi connectivity index (χ0v) is 24.8. The van der Waals surface area contributed by atoms with E-state index in [9.17, 15) is 28.7 Å². The number of ether oxygens (including phenoxy) is 2. The smallest absolute Gasteiger partial charge is 0.407 e. The second-order valence-corrected chi connectivity index (χ2v) is 11.3. The molecule has 0 spiro atoms. The average Bonchev–Trinajstić information content (AvgIpc) is 3.44. The monoisotopic (exact) mass is 608 g/mol. The highest BCUT2D eigenvalue weighted by Gasteiger charge is 2.30. The molecular formula is C27H41N6O8P. The molecule has 14 nitrogen and oxygen atoms in total. The van der Waals surface area contributed by atoms with Crippen molar-refractivity contribution in [3.05, 3.63) is 59.9 Å². The van der Waals surface area contributed by atoms with Gasteiger partial charge in [0.15, 0.2) is 0 Å². The van der Waals surface area contributed by atoms with Gasteiger partial charge in [0.2, 0.25) is 5.91 Å². The molecule has 42 heavy (non-hydrogen) atoms. The Bertz CT molecular complexity index is 1190. The molecule has 1 fully saturated rings. The summed E-state index contributed by atoms with van der Waals surface area (Å²) in [6, 6.07) is 7.06. The van der Waals surface area contributed by atoms with Crippen molar-refractivity contribution in [1.29, 1.82) is 0 Å². The second kappa shape index (κ2) is 17.3. The first-order valence-electron chi connectivity index (χ1n) is 13.5. The van der Waals surface area contributed by atoms with Crippen LogP contribution < -0.4 is 21.7 Å². The third-order valence-electron chi connectivity index (χ3n) is 6.20. The molecule has 2 atom stereocenters. The maximum atomic E-state index is 13.4. The van der Waals surface area contributed by atoms with Gasteiger partial charge in [-0.25, -0.2) is 9.79 Å². The van der Waals surface area contributed by atoms with Crippen molar-refractivity contribution < 1.29 is 38.2 Å². The fraction of sp³-hybridized carbons (Fsp3) is 0.481. The van der Waals surface area contributed by atoms with Gasteiger partial charge >= 0.3 is 13.7 Å². The molecule has 1 heterocycles. The summed E-state index contributed by atoms with van der Waals surface area (Å²) in [6.07, 6.45) is 2.10. The van der Waals surface area contributed by atoms with E-state index in [4.69, 9.17) is 15.2 Å². The Labute approximate surface area is 245 Å². The van der Waals surface area contributed by atoms with Crippen LogP contribution >= 0.6 is 7.60 Å². The van der Waals surface area contributed by atoms with Crippen LogP contribution in [0.25, 0.3) is 0 Å². The maximum absolute atomic E-state index is 13.4. The number of aliphatic imine (C=N–C) groups is 1. The molecule has 3 amide bonds. The SMILES string of the molecule is C=C(/C=C(\N=C(/N)c1ccccc1)C(=O)N[C@@H](CP(=O)(O)O)C(=O)NCCNC(=O)OCCCC)N1CC[C@H](OC)C1. The van der Waals surface area contributed by atoms with Crippen LogP contribution in [0.2, 0.25) is 0 Å². The first-order chi connectivity index (χ1) is 19.9. The quantitative estimate of drug-likeness (QED) is 0.0389. The minimum atomic E-state index is -4.75. The molecule has 1 aromatic carbocycles. The number of hydrogen-bond donors (Lipinski definition) is 6. The van der Waals surface area contributed by atoms with E-state index in [0.717, 1.165) is 12.8 Å². The Hall–Kier alpha value is -3.71. The topological polar surface area (TPSA) is 205 Å². The Morgan fingerprint density at radius 2 is 1.93 bits per heavy atom. The Balaban J connectivity index is 2.19. The average molecular weight is 609 g/mol. The zero-order chi connectivity index (χ0) is 31.1. The standard InChI is InChI=1S/C27H41N6O8P/c1-4-5-15-41-27(36)30-13-12-29-25(34)23(18-42(37,38)39)32-26(35)22(31-24(28)20-9-7-6-8-10-20)16-19(2)33-14-11-21(17-33)40-3/h6-10,16,21,23H,2,4-5,11-15,17-18H2,1,3H3,(H2,28,31)(H,29,34)(H,30,36)(H,32,35)(H2,37,38,39)/b22-16-/t21-,23-/m0/s1. The van der Waals surface area contributed by atoms with E-state index in [1.165, 1.54) is 6.08 Å². The number of nitrogens with one attached hydrogen (secondary N) is 3. The van der Waals surface area contributed by atoms with Crippen molar-refractivity contribution in [2.75, 3.05) is 46.1 Å². The van der Waals surface area contributed by atoms with Gasteiger partial charge in [-0.15, -0.1) is 0 Å². The Morgan fingerprint density at radius 3 is 2.55 bits per heavy atom. The maximum Gasteiger partial charge on any atom is 0.407 e. The summed E-state index contributed by atoms with van der Waals surface area (Å²) in [5.74, 6) is -1.76. The first-order valence-corrected chi connectivity index (χ1v) is 15.3. The molecular weight excluding hydrogens is 567 g/mol. The number of amides is 3. The van der Waals surface area contributed by atoms with Gasteiger partial charge in [0.05, 0.1) is 18.9 Å². The molecule has 0 unspecified atom stereocenters. The van der Waals surface area contributed by atoms with Crippen LogP contribution in [0, 0.1) is 0 Å². The number of benzene rings is 1. The summed E-state index contributed by atoms with van der Waals surface area (Å²) in [4.78, 5) is 63.2. The van der Waals surface area contributed by atoms with E-state index >= 15 is 0 Å². The second-order valence-electron chi connectivity index (χ2n) is 9.56. The number of hydrogen-bond acceptors (Lipinski definition) is 8. The van der Waals surface area contributed by atoms with E-state index in [0.29, 0.717) is 30.8 Å². The van der Waals surface area contributed by atoms with Gasteiger partial charge in [-0.05, 0) is 18.9 Å². The summed E-state index contributed by atoms with van der Waals surface area (Å²) in [7, 11) is -3.14. The fourth-order valence-electron chi connectivity index (χ4n) is 3.88. The highest BCUT2D eigenvalue weighted by atomic mass is 31.2. The number of unbranched alkanes of at least 4 members (excludes halogenated alkanes) is 1. The lowest BCUT2D eigenvalue weighted by atomic mass is 10.2. The minimum Gasteiger partial charge on any atom is -0.450 e. The predicted octanol–water partition coefficient (Wildman–Crippen LogP) is 0.815. The van der Waals surface area contributed by atoms with E-state index in [2.05, 4.69) is 27.5 Å². The van der Waals surface area contributed by atoms with Crippen molar-refractivity contribution in [3.63, 3.8) is 0 Å². The molecule has 1 saturated heterocycles. The summed E-state index contributed by atoms with van der Waals surface area (Å²) in [6.45, 7) is 7.32. The largest absolute Gasteiger partial charge is 0.450 e. The van der Waals surface area contributed by atoms with Gasteiger partial charge in [0.25, 0.3) is 5.91 Å². The van der Waals surface area contributed by atoms with Crippen LogP contribution in [0.15, 0.2) is 59.4 Å². The van der Waals surface area contributed by atoms with Crippen molar-refractivity contribution in [2.24, 2.45) is 10.7 Å². The number of likely N-dealkylation sites (tertiary alicyclic amines) is 1. The summed E-state index contributed by atoms with van der Waals surface area (Å²) in [5.41, 5.74) is 6.92. The Kier molecular flexibility index (Phi) is 14.2. The van der Waals surface area contributed by atoms with Crippen LogP contribution in [0.5, 0.6) is 0 Å². The molecule has 1 aliphatic heterocycles. The molecule has 7 N–H and O–H groups in total. The summed E-state index contributed by atoms with van der Waals surface area (Å²) in [5, 5.41) is 7.26. The molecule has 0 radical (unpaired) electrons. The van der Waals surface area contributed by atoms with Crippen molar-refractivity contribution >= 4 is 31.3 Å². The van der Waals surface area contributed by atoms with Gasteiger partial charge in [-0.3, -0.25) is 14.2 Å². The lowest BCUT2D eigenvalue weighted by Crippen LogP contribution is -2.50. The van der Waals surface area contributed by atoms with Gasteiger partial charge in [-0.1, -0.05) is 50.3 Å². The molecule has 2 rings (SSSR count). The van der Waals surface area contributed by atoms with Gasteiger partial charge in [-0.2, -0.15) is 0 Å². The molecule has 0 saturated carbocycles. The first kappa shape index (κ1) is 34.5. The van der Waals surface area contributed by atoms with E-state index in [1.807, 2.05) is 11.8 Å². The third kappa shape index (κ3) is 12.4. The van der Waals surface area contributed by atoms with Crippen LogP contribution in [0.4, 0.5) is 4.79 Å². The summed E-state index contributed by atoms with van der Waals surface area (Å²) >= 11 is 0. The normalized spacial score (nSPS) is 16.5. The number of alkyl carbamates (subject to hydrolysis) is 1. The molecule has 232 valence electrons. The molecule has 1 aliphatic rings. The lowest BCUT2D eigenvalue weighted by molar-refractivity contribution is -0.126. The molecule has 15 heteroatoms. The number of amidine groups is 1. The number of nitrogens with zero attached hydrogens (tertiary/aromatic N) is 2.